The first-order chi connectivity index (χ1) is 14.4. The molecular formula is C22H26N4O2S2. The maximum Gasteiger partial charge on any atom is 0.185 e. The number of hydrogen-bond acceptors (Lipinski definition) is 7. The summed E-state index contributed by atoms with van der Waals surface area (Å²) in [6.45, 7) is 4.89. The normalized spacial score (nSPS) is 17.3. The van der Waals surface area contributed by atoms with E-state index in [1.165, 1.54) is 23.1 Å². The molecule has 2 aromatic heterocycles. The first-order valence-electron chi connectivity index (χ1n) is 9.98. The summed E-state index contributed by atoms with van der Waals surface area (Å²) in [5.41, 5.74) is 4.42. The molecule has 6 nitrogen and oxygen atoms in total. The van der Waals surface area contributed by atoms with Crippen LogP contribution in [0.4, 0.5) is 5.82 Å². The highest BCUT2D eigenvalue weighted by atomic mass is 32.2. The van der Waals surface area contributed by atoms with E-state index < -0.39 is 9.84 Å². The van der Waals surface area contributed by atoms with Crippen LogP contribution >= 0.6 is 11.3 Å². The second kappa shape index (κ2) is 8.83. The Kier molecular flexibility index (Phi) is 6.17. The number of likely N-dealkylation sites (N-methyl/N-ethyl adjacent to an activating group) is 1. The van der Waals surface area contributed by atoms with Crippen LogP contribution in [0, 0.1) is 6.92 Å². The first-order valence-corrected chi connectivity index (χ1v) is 12.6. The molecule has 0 saturated carbocycles. The van der Waals surface area contributed by atoms with Crippen molar-refractivity contribution >= 4 is 27.0 Å². The number of rotatable bonds is 7. The standard InChI is InChI=1S/C22H26N4O2S2/c1-17-10-21(30(27,28)15-19-14-29-16-24-19)11-23-22(17)25(2)20-8-9-26(13-20)12-18-6-4-3-5-7-18/h3-7,10-11,14,16,20H,8-9,12-13,15H2,1-2H3/t20-/m0/s1. The molecule has 0 aliphatic carbocycles. The van der Waals surface area contributed by atoms with Crippen molar-refractivity contribution in [1.82, 2.24) is 14.9 Å². The molecular weight excluding hydrogens is 416 g/mol. The summed E-state index contributed by atoms with van der Waals surface area (Å²) in [6.07, 6.45) is 2.55. The lowest BCUT2D eigenvalue weighted by molar-refractivity contribution is 0.326. The molecule has 1 aliphatic rings. The van der Waals surface area contributed by atoms with E-state index in [4.69, 9.17) is 0 Å². The van der Waals surface area contributed by atoms with E-state index in [-0.39, 0.29) is 10.6 Å². The van der Waals surface area contributed by atoms with Gasteiger partial charge in [0.25, 0.3) is 0 Å². The second-order valence-corrected chi connectivity index (χ2v) is 10.5. The van der Waals surface area contributed by atoms with E-state index >= 15 is 0 Å². The Hall–Kier alpha value is -2.29. The molecule has 1 saturated heterocycles. The number of nitrogens with zero attached hydrogens (tertiary/aromatic N) is 4. The topological polar surface area (TPSA) is 66.4 Å². The largest absolute Gasteiger partial charge is 0.355 e. The van der Waals surface area contributed by atoms with Gasteiger partial charge in [0.15, 0.2) is 9.84 Å². The predicted molar refractivity (Wildman–Crippen MR) is 121 cm³/mol. The van der Waals surface area contributed by atoms with Gasteiger partial charge < -0.3 is 4.90 Å². The summed E-state index contributed by atoms with van der Waals surface area (Å²) in [4.78, 5) is 13.5. The molecule has 8 heteroatoms. The van der Waals surface area contributed by atoms with E-state index in [2.05, 4.69) is 51.1 Å². The maximum atomic E-state index is 12.7. The molecule has 0 bridgehead atoms. The average Bonchev–Trinajstić information content (AvgIpc) is 3.40. The molecule has 4 rings (SSSR count). The molecule has 0 unspecified atom stereocenters. The van der Waals surface area contributed by atoms with Crippen LogP contribution in [0.1, 0.15) is 23.2 Å². The quantitative estimate of drug-likeness (QED) is 0.558. The summed E-state index contributed by atoms with van der Waals surface area (Å²) in [5, 5.41) is 1.77. The van der Waals surface area contributed by atoms with Crippen LogP contribution in [-0.4, -0.2) is 49.5 Å². The molecule has 1 atom stereocenters. The molecule has 30 heavy (non-hydrogen) atoms. The van der Waals surface area contributed by atoms with Gasteiger partial charge in [-0.1, -0.05) is 30.3 Å². The van der Waals surface area contributed by atoms with Crippen molar-refractivity contribution in [2.45, 2.75) is 36.6 Å². The van der Waals surface area contributed by atoms with E-state index in [1.807, 2.05) is 13.0 Å². The van der Waals surface area contributed by atoms with Crippen LogP contribution in [0.2, 0.25) is 0 Å². The Morgan fingerprint density at radius 2 is 2.03 bits per heavy atom. The molecule has 0 amide bonds. The maximum absolute atomic E-state index is 12.7. The van der Waals surface area contributed by atoms with Gasteiger partial charge in [-0.25, -0.2) is 18.4 Å². The highest BCUT2D eigenvalue weighted by Gasteiger charge is 2.28. The molecule has 1 aliphatic heterocycles. The van der Waals surface area contributed by atoms with Crippen LogP contribution in [-0.2, 0) is 22.1 Å². The number of benzene rings is 1. The molecule has 0 radical (unpaired) electrons. The summed E-state index contributed by atoms with van der Waals surface area (Å²) < 4.78 is 25.4. The van der Waals surface area contributed by atoms with Crippen LogP contribution < -0.4 is 4.90 Å². The summed E-state index contributed by atoms with van der Waals surface area (Å²) in [5.74, 6) is 0.748. The fourth-order valence-corrected chi connectivity index (χ4v) is 5.90. The fourth-order valence-electron chi connectivity index (χ4n) is 3.95. The smallest absolute Gasteiger partial charge is 0.185 e. The van der Waals surface area contributed by atoms with Crippen LogP contribution in [0.3, 0.4) is 0 Å². The number of sulfone groups is 1. The third kappa shape index (κ3) is 4.71. The minimum Gasteiger partial charge on any atom is -0.355 e. The van der Waals surface area contributed by atoms with Gasteiger partial charge in [-0.2, -0.15) is 0 Å². The zero-order valence-electron chi connectivity index (χ0n) is 17.2. The third-order valence-electron chi connectivity index (χ3n) is 5.58. The molecule has 3 aromatic rings. The van der Waals surface area contributed by atoms with E-state index in [0.29, 0.717) is 11.7 Å². The van der Waals surface area contributed by atoms with Crippen molar-refractivity contribution in [1.29, 1.82) is 0 Å². The number of aromatic nitrogens is 2. The fraction of sp³-hybridized carbons (Fsp3) is 0.364. The van der Waals surface area contributed by atoms with Crippen molar-refractivity contribution in [3.63, 3.8) is 0 Å². The van der Waals surface area contributed by atoms with Crippen LogP contribution in [0.15, 0.2) is 58.4 Å². The highest BCUT2D eigenvalue weighted by molar-refractivity contribution is 7.90. The molecule has 1 aromatic carbocycles. The zero-order chi connectivity index (χ0) is 21.1. The van der Waals surface area contributed by atoms with Crippen molar-refractivity contribution in [2.24, 2.45) is 0 Å². The number of aryl methyl sites for hydroxylation is 1. The van der Waals surface area contributed by atoms with Gasteiger partial charge in [-0.15, -0.1) is 11.3 Å². The number of pyridine rings is 1. The lowest BCUT2D eigenvalue weighted by Crippen LogP contribution is -2.35. The van der Waals surface area contributed by atoms with Crippen LogP contribution in [0.5, 0.6) is 0 Å². The van der Waals surface area contributed by atoms with E-state index in [9.17, 15) is 8.42 Å². The molecule has 0 N–H and O–H groups in total. The zero-order valence-corrected chi connectivity index (χ0v) is 18.9. The third-order valence-corrected chi connectivity index (χ3v) is 7.84. The molecule has 158 valence electrons. The summed E-state index contributed by atoms with van der Waals surface area (Å²) >= 11 is 1.40. The molecule has 1 fully saturated rings. The van der Waals surface area contributed by atoms with E-state index in [0.717, 1.165) is 37.4 Å². The highest BCUT2D eigenvalue weighted by Crippen LogP contribution is 2.26. The number of anilines is 1. The Balaban J connectivity index is 1.44. The van der Waals surface area contributed by atoms with Crippen molar-refractivity contribution in [3.8, 4) is 0 Å². The van der Waals surface area contributed by atoms with E-state index in [1.54, 1.807) is 17.0 Å². The van der Waals surface area contributed by atoms with Gasteiger partial charge in [0.1, 0.15) is 5.82 Å². The molecule has 0 spiro atoms. The van der Waals surface area contributed by atoms with Gasteiger partial charge in [-0.3, -0.25) is 4.90 Å². The van der Waals surface area contributed by atoms with Gasteiger partial charge in [-0.05, 0) is 30.5 Å². The predicted octanol–water partition coefficient (Wildman–Crippen LogP) is 3.53. The Bertz CT molecular complexity index is 1090. The van der Waals surface area contributed by atoms with Gasteiger partial charge >= 0.3 is 0 Å². The van der Waals surface area contributed by atoms with Crippen molar-refractivity contribution in [2.75, 3.05) is 25.0 Å². The lowest BCUT2D eigenvalue weighted by atomic mass is 10.2. The monoisotopic (exact) mass is 442 g/mol. The number of thiazole rings is 1. The van der Waals surface area contributed by atoms with Crippen molar-refractivity contribution < 1.29 is 8.42 Å². The summed E-state index contributed by atoms with van der Waals surface area (Å²) in [7, 11) is -1.40. The second-order valence-electron chi connectivity index (χ2n) is 7.82. The van der Waals surface area contributed by atoms with Crippen LogP contribution in [0.25, 0.3) is 0 Å². The number of likely N-dealkylation sites (tertiary alicyclic amines) is 1. The first kappa shape index (κ1) is 21.0. The SMILES string of the molecule is Cc1cc(S(=O)(=O)Cc2cscn2)cnc1N(C)[C@H]1CCN(Cc2ccccc2)C1. The Morgan fingerprint density at radius 1 is 1.23 bits per heavy atom. The Morgan fingerprint density at radius 3 is 2.73 bits per heavy atom. The lowest BCUT2D eigenvalue weighted by Gasteiger charge is -2.27. The van der Waals surface area contributed by atoms with Gasteiger partial charge in [0.05, 0.1) is 21.9 Å². The van der Waals surface area contributed by atoms with Crippen molar-refractivity contribution in [3.05, 3.63) is 70.3 Å². The summed E-state index contributed by atoms with van der Waals surface area (Å²) in [6, 6.07) is 12.6. The Labute approximate surface area is 182 Å². The average molecular weight is 443 g/mol. The van der Waals surface area contributed by atoms with Gasteiger partial charge in [0, 0.05) is 44.3 Å². The minimum absolute atomic E-state index is 0.0934. The van der Waals surface area contributed by atoms with Gasteiger partial charge in [0.2, 0.25) is 0 Å². The minimum atomic E-state index is -3.46. The number of hydrogen-bond donors (Lipinski definition) is 0. The molecule has 3 heterocycles.